The summed E-state index contributed by atoms with van der Waals surface area (Å²) in [5.41, 5.74) is 0.244. The molecule has 0 fully saturated rings. The van der Waals surface area contributed by atoms with Crippen molar-refractivity contribution in [3.63, 3.8) is 0 Å². The van der Waals surface area contributed by atoms with Crippen molar-refractivity contribution in [3.05, 3.63) is 24.9 Å². The summed E-state index contributed by atoms with van der Waals surface area (Å²) in [5, 5.41) is 6.36. The molecule has 2 N–H and O–H groups in total. The number of nitrogens with one attached hydrogen (secondary N) is 2. The molecule has 102 valence electrons. The van der Waals surface area contributed by atoms with Gasteiger partial charge in [-0.2, -0.15) is 0 Å². The van der Waals surface area contributed by atoms with Crippen molar-refractivity contribution in [2.45, 2.75) is 18.2 Å². The number of anilines is 2. The molecule has 0 aliphatic carbocycles. The summed E-state index contributed by atoms with van der Waals surface area (Å²) in [7, 11) is -3.72. The van der Waals surface area contributed by atoms with Gasteiger partial charge in [-0.3, -0.25) is 4.72 Å². The third-order valence-corrected chi connectivity index (χ3v) is 3.49. The summed E-state index contributed by atoms with van der Waals surface area (Å²) >= 11 is 0. The Morgan fingerprint density at radius 3 is 2.58 bits per heavy atom. The molecular weight excluding hydrogens is 270 g/mol. The third-order valence-electron chi connectivity index (χ3n) is 2.16. The van der Waals surface area contributed by atoms with Crippen molar-refractivity contribution in [2.24, 2.45) is 0 Å². The number of sulfonamides is 1. The first-order valence-electron chi connectivity index (χ1n) is 5.60. The Morgan fingerprint density at radius 1 is 1.26 bits per heavy atom. The molecule has 2 rings (SSSR count). The van der Waals surface area contributed by atoms with Gasteiger partial charge in [0.2, 0.25) is 5.95 Å². The van der Waals surface area contributed by atoms with E-state index in [0.717, 1.165) is 13.0 Å². The van der Waals surface area contributed by atoms with E-state index in [0.29, 0.717) is 5.95 Å². The molecule has 0 spiro atoms. The zero-order valence-corrected chi connectivity index (χ0v) is 11.0. The maximum atomic E-state index is 11.9. The lowest BCUT2D eigenvalue weighted by atomic mass is 10.5. The first-order valence-corrected chi connectivity index (χ1v) is 7.08. The van der Waals surface area contributed by atoms with E-state index in [2.05, 4.69) is 29.7 Å². The first-order chi connectivity index (χ1) is 9.12. The highest BCUT2D eigenvalue weighted by Gasteiger charge is 2.16. The minimum atomic E-state index is -3.72. The number of rotatable bonds is 6. The summed E-state index contributed by atoms with van der Waals surface area (Å²) in [4.78, 5) is 7.83. The van der Waals surface area contributed by atoms with Gasteiger partial charge >= 0.3 is 0 Å². The van der Waals surface area contributed by atoms with Crippen molar-refractivity contribution in [2.75, 3.05) is 16.6 Å². The van der Waals surface area contributed by atoms with Crippen LogP contribution in [0.5, 0.6) is 0 Å². The van der Waals surface area contributed by atoms with Crippen LogP contribution in [0.15, 0.2) is 34.3 Å². The second kappa shape index (κ2) is 5.65. The summed E-state index contributed by atoms with van der Waals surface area (Å²) < 4.78 is 30.7. The van der Waals surface area contributed by atoms with Gasteiger partial charge in [0.15, 0.2) is 0 Å². The fourth-order valence-electron chi connectivity index (χ4n) is 1.25. The van der Waals surface area contributed by atoms with Crippen LogP contribution in [0.4, 0.5) is 11.6 Å². The largest absolute Gasteiger partial charge is 0.362 e. The lowest BCUT2D eigenvalue weighted by Crippen LogP contribution is -2.14. The number of nitrogens with zero attached hydrogens (tertiary/aromatic N) is 3. The molecule has 2 heterocycles. The SMILES string of the molecule is CCCNc1ncc(S(=O)(=O)Nc2cnoc2)cn1. The minimum Gasteiger partial charge on any atom is -0.362 e. The molecule has 0 aliphatic rings. The normalized spacial score (nSPS) is 11.2. The summed E-state index contributed by atoms with van der Waals surface area (Å²) in [5.74, 6) is 0.394. The quantitative estimate of drug-likeness (QED) is 0.816. The van der Waals surface area contributed by atoms with Gasteiger partial charge in [-0.15, -0.1) is 0 Å². The van der Waals surface area contributed by atoms with Gasteiger partial charge in [0, 0.05) is 6.54 Å². The maximum absolute atomic E-state index is 11.9. The summed E-state index contributed by atoms with van der Waals surface area (Å²) in [6, 6.07) is 0. The molecule has 0 saturated heterocycles. The van der Waals surface area contributed by atoms with Crippen molar-refractivity contribution in [1.29, 1.82) is 0 Å². The molecule has 0 aliphatic heterocycles. The average molecular weight is 283 g/mol. The lowest BCUT2D eigenvalue weighted by Gasteiger charge is -2.06. The predicted molar refractivity (Wildman–Crippen MR) is 68.1 cm³/mol. The van der Waals surface area contributed by atoms with Crippen molar-refractivity contribution in [3.8, 4) is 0 Å². The zero-order chi connectivity index (χ0) is 13.7. The fourth-order valence-corrected chi connectivity index (χ4v) is 2.16. The van der Waals surface area contributed by atoms with Crippen molar-refractivity contribution < 1.29 is 12.9 Å². The Labute approximate surface area is 110 Å². The van der Waals surface area contributed by atoms with E-state index in [1.165, 1.54) is 24.9 Å². The van der Waals surface area contributed by atoms with E-state index < -0.39 is 10.0 Å². The molecule has 0 saturated carbocycles. The van der Waals surface area contributed by atoms with Crippen LogP contribution in [0.3, 0.4) is 0 Å². The molecule has 9 heteroatoms. The minimum absolute atomic E-state index is 0.0317. The van der Waals surface area contributed by atoms with Crippen LogP contribution in [-0.2, 0) is 10.0 Å². The van der Waals surface area contributed by atoms with E-state index in [1.54, 1.807) is 0 Å². The van der Waals surface area contributed by atoms with Crippen LogP contribution >= 0.6 is 0 Å². The Morgan fingerprint density at radius 2 is 2.00 bits per heavy atom. The highest BCUT2D eigenvalue weighted by Crippen LogP contribution is 2.14. The molecule has 0 aromatic carbocycles. The molecule has 0 bridgehead atoms. The number of aromatic nitrogens is 3. The zero-order valence-electron chi connectivity index (χ0n) is 10.2. The van der Waals surface area contributed by atoms with E-state index in [4.69, 9.17) is 0 Å². The van der Waals surface area contributed by atoms with Gasteiger partial charge in [0.25, 0.3) is 10.0 Å². The standard InChI is InChI=1S/C10H13N5O3S/c1-2-3-11-10-12-5-9(6-13-10)19(16,17)15-8-4-14-18-7-8/h4-7,15H,2-3H2,1H3,(H,11,12,13). The van der Waals surface area contributed by atoms with Crippen molar-refractivity contribution >= 4 is 21.7 Å². The second-order valence-corrected chi connectivity index (χ2v) is 5.37. The lowest BCUT2D eigenvalue weighted by molar-refractivity contribution is 0.420. The molecule has 0 radical (unpaired) electrons. The Balaban J connectivity index is 2.12. The van der Waals surface area contributed by atoms with Gasteiger partial charge in [0.1, 0.15) is 16.8 Å². The topological polar surface area (TPSA) is 110 Å². The smallest absolute Gasteiger partial charge is 0.265 e. The van der Waals surface area contributed by atoms with Gasteiger partial charge in [-0.25, -0.2) is 18.4 Å². The molecule has 0 atom stereocenters. The van der Waals surface area contributed by atoms with Gasteiger partial charge in [0.05, 0.1) is 18.6 Å². The predicted octanol–water partition coefficient (Wildman–Crippen LogP) is 1.09. The van der Waals surface area contributed by atoms with Crippen LogP contribution in [0.1, 0.15) is 13.3 Å². The van der Waals surface area contributed by atoms with E-state index in [9.17, 15) is 8.42 Å². The molecule has 0 amide bonds. The van der Waals surface area contributed by atoms with Crippen LogP contribution in [-0.4, -0.2) is 30.1 Å². The summed E-state index contributed by atoms with van der Waals surface area (Å²) in [6.45, 7) is 2.74. The highest BCUT2D eigenvalue weighted by atomic mass is 32.2. The molecular formula is C10H13N5O3S. The van der Waals surface area contributed by atoms with Crippen LogP contribution < -0.4 is 10.0 Å². The molecule has 0 unspecified atom stereocenters. The number of hydrogen-bond acceptors (Lipinski definition) is 7. The second-order valence-electron chi connectivity index (χ2n) is 3.69. The number of hydrogen-bond donors (Lipinski definition) is 2. The Kier molecular flexibility index (Phi) is 3.95. The maximum Gasteiger partial charge on any atom is 0.265 e. The van der Waals surface area contributed by atoms with Crippen LogP contribution in [0.25, 0.3) is 0 Å². The Hall–Kier alpha value is -2.16. The van der Waals surface area contributed by atoms with Gasteiger partial charge in [-0.1, -0.05) is 12.1 Å². The highest BCUT2D eigenvalue weighted by molar-refractivity contribution is 7.92. The van der Waals surface area contributed by atoms with E-state index >= 15 is 0 Å². The monoisotopic (exact) mass is 283 g/mol. The van der Waals surface area contributed by atoms with E-state index in [-0.39, 0.29) is 10.6 Å². The first kappa shape index (κ1) is 13.3. The molecule has 19 heavy (non-hydrogen) atoms. The van der Waals surface area contributed by atoms with Crippen LogP contribution in [0, 0.1) is 0 Å². The van der Waals surface area contributed by atoms with Crippen molar-refractivity contribution in [1.82, 2.24) is 15.1 Å². The van der Waals surface area contributed by atoms with Crippen LogP contribution in [0.2, 0.25) is 0 Å². The van der Waals surface area contributed by atoms with E-state index in [1.807, 2.05) is 6.92 Å². The fraction of sp³-hybridized carbons (Fsp3) is 0.300. The molecule has 8 nitrogen and oxygen atoms in total. The molecule has 2 aromatic heterocycles. The van der Waals surface area contributed by atoms with Gasteiger partial charge in [-0.05, 0) is 6.42 Å². The third kappa shape index (κ3) is 3.41. The average Bonchev–Trinajstić information content (AvgIpc) is 2.89. The molecule has 2 aromatic rings. The Bertz CT molecular complexity index is 609. The summed E-state index contributed by atoms with van der Waals surface area (Å²) in [6.07, 6.45) is 5.85. The van der Waals surface area contributed by atoms with Gasteiger partial charge < -0.3 is 9.84 Å².